The van der Waals surface area contributed by atoms with Gasteiger partial charge in [0.15, 0.2) is 0 Å². The molecule has 0 atom stereocenters. The van der Waals surface area contributed by atoms with Crippen molar-refractivity contribution in [3.63, 3.8) is 0 Å². The Balaban J connectivity index is 2.28. The van der Waals surface area contributed by atoms with Gasteiger partial charge in [-0.3, -0.25) is 4.57 Å². The molecule has 0 aliphatic carbocycles. The molecule has 20 heavy (non-hydrogen) atoms. The second kappa shape index (κ2) is 4.77. The molecule has 0 aliphatic rings. The number of nitrogens with zero attached hydrogens (tertiary/aromatic N) is 1. The number of rotatable bonds is 3. The number of methoxy groups -OCH3 is 2. The lowest BCUT2D eigenvalue weighted by Gasteiger charge is -2.06. The van der Waals surface area contributed by atoms with Crippen LogP contribution in [0.5, 0.6) is 11.5 Å². The number of fused-ring (bicyclic) bond motifs is 1. The molecule has 102 valence electrons. The summed E-state index contributed by atoms with van der Waals surface area (Å²) in [6, 6.07) is 12.8. The molecule has 0 fully saturated rings. The third-order valence-corrected chi connectivity index (χ3v) is 3.20. The standard InChI is InChI=1S/C15H14N2O3/c1-19-11-5-3-4-10(8-11)17-14-9-12(20-2)6-7-13(14)16-15(17)18/h3-9H,1-2H3,(H,16,18). The summed E-state index contributed by atoms with van der Waals surface area (Å²) in [6.45, 7) is 0. The van der Waals surface area contributed by atoms with E-state index >= 15 is 0 Å². The number of hydrogen-bond donors (Lipinski definition) is 1. The zero-order chi connectivity index (χ0) is 14.1. The van der Waals surface area contributed by atoms with Gasteiger partial charge in [0.2, 0.25) is 0 Å². The zero-order valence-corrected chi connectivity index (χ0v) is 11.2. The Hall–Kier alpha value is -2.69. The molecular weight excluding hydrogens is 256 g/mol. The molecule has 0 radical (unpaired) electrons. The molecule has 5 nitrogen and oxygen atoms in total. The Labute approximate surface area is 115 Å². The van der Waals surface area contributed by atoms with Crippen LogP contribution >= 0.6 is 0 Å². The fourth-order valence-electron chi connectivity index (χ4n) is 2.22. The third kappa shape index (κ3) is 1.93. The van der Waals surface area contributed by atoms with Gasteiger partial charge in [-0.05, 0) is 24.3 Å². The topological polar surface area (TPSA) is 56.2 Å². The first kappa shape index (κ1) is 12.3. The van der Waals surface area contributed by atoms with E-state index in [0.717, 1.165) is 16.7 Å². The predicted octanol–water partition coefficient (Wildman–Crippen LogP) is 2.34. The summed E-state index contributed by atoms with van der Waals surface area (Å²) in [5.74, 6) is 1.40. The molecule has 2 aromatic carbocycles. The second-order valence-corrected chi connectivity index (χ2v) is 4.35. The van der Waals surface area contributed by atoms with E-state index in [1.807, 2.05) is 42.5 Å². The lowest BCUT2D eigenvalue weighted by Crippen LogP contribution is -2.14. The zero-order valence-electron chi connectivity index (χ0n) is 11.2. The van der Waals surface area contributed by atoms with Gasteiger partial charge in [-0.1, -0.05) is 6.07 Å². The minimum absolute atomic E-state index is 0.193. The molecule has 0 spiro atoms. The van der Waals surface area contributed by atoms with Crippen LogP contribution in [0.15, 0.2) is 47.3 Å². The minimum atomic E-state index is -0.193. The number of nitrogens with one attached hydrogen (secondary N) is 1. The molecule has 1 heterocycles. The number of aromatic amines is 1. The Morgan fingerprint density at radius 2 is 1.75 bits per heavy atom. The summed E-state index contributed by atoms with van der Waals surface area (Å²) >= 11 is 0. The van der Waals surface area contributed by atoms with Crippen molar-refractivity contribution in [3.05, 3.63) is 52.9 Å². The van der Waals surface area contributed by atoms with Crippen LogP contribution in [0, 0.1) is 0 Å². The maximum absolute atomic E-state index is 12.2. The van der Waals surface area contributed by atoms with Crippen molar-refractivity contribution in [2.45, 2.75) is 0 Å². The maximum Gasteiger partial charge on any atom is 0.331 e. The molecule has 0 unspecified atom stereocenters. The Morgan fingerprint density at radius 1 is 1.00 bits per heavy atom. The largest absolute Gasteiger partial charge is 0.497 e. The third-order valence-electron chi connectivity index (χ3n) is 3.20. The number of benzene rings is 2. The molecule has 3 aromatic rings. The van der Waals surface area contributed by atoms with Crippen molar-refractivity contribution in [2.75, 3.05) is 14.2 Å². The van der Waals surface area contributed by atoms with Gasteiger partial charge >= 0.3 is 5.69 Å². The number of hydrogen-bond acceptors (Lipinski definition) is 3. The van der Waals surface area contributed by atoms with Gasteiger partial charge in [-0.25, -0.2) is 4.79 Å². The Morgan fingerprint density at radius 3 is 2.50 bits per heavy atom. The van der Waals surface area contributed by atoms with E-state index in [4.69, 9.17) is 9.47 Å². The molecule has 0 aliphatic heterocycles. The predicted molar refractivity (Wildman–Crippen MR) is 77.0 cm³/mol. The van der Waals surface area contributed by atoms with E-state index in [0.29, 0.717) is 11.5 Å². The molecule has 0 saturated heterocycles. The van der Waals surface area contributed by atoms with Gasteiger partial charge < -0.3 is 14.5 Å². The van der Waals surface area contributed by atoms with Gasteiger partial charge in [-0.15, -0.1) is 0 Å². The Bertz CT molecular complexity index is 817. The van der Waals surface area contributed by atoms with Crippen molar-refractivity contribution in [1.29, 1.82) is 0 Å². The van der Waals surface area contributed by atoms with Crippen LogP contribution in [0.2, 0.25) is 0 Å². The van der Waals surface area contributed by atoms with E-state index < -0.39 is 0 Å². The van der Waals surface area contributed by atoms with Gasteiger partial charge in [0.25, 0.3) is 0 Å². The number of aromatic nitrogens is 2. The molecular formula is C15H14N2O3. The van der Waals surface area contributed by atoms with Crippen molar-refractivity contribution >= 4 is 11.0 Å². The fraction of sp³-hybridized carbons (Fsp3) is 0.133. The quantitative estimate of drug-likeness (QED) is 0.794. The summed E-state index contributed by atoms with van der Waals surface area (Å²) in [5.41, 5.74) is 2.08. The van der Waals surface area contributed by atoms with Crippen LogP contribution < -0.4 is 15.2 Å². The monoisotopic (exact) mass is 270 g/mol. The second-order valence-electron chi connectivity index (χ2n) is 4.35. The van der Waals surface area contributed by atoms with Gasteiger partial charge in [0, 0.05) is 12.1 Å². The molecule has 0 amide bonds. The van der Waals surface area contributed by atoms with Gasteiger partial charge in [0.1, 0.15) is 11.5 Å². The van der Waals surface area contributed by atoms with E-state index in [1.54, 1.807) is 18.8 Å². The fourth-order valence-corrected chi connectivity index (χ4v) is 2.22. The molecule has 0 saturated carbocycles. The lowest BCUT2D eigenvalue weighted by atomic mass is 10.2. The van der Waals surface area contributed by atoms with Crippen LogP contribution in [-0.2, 0) is 0 Å². The van der Waals surface area contributed by atoms with E-state index in [9.17, 15) is 4.79 Å². The van der Waals surface area contributed by atoms with Crippen molar-refractivity contribution < 1.29 is 9.47 Å². The minimum Gasteiger partial charge on any atom is -0.497 e. The smallest absolute Gasteiger partial charge is 0.331 e. The highest BCUT2D eigenvalue weighted by Gasteiger charge is 2.10. The average Bonchev–Trinajstić information content (AvgIpc) is 2.82. The summed E-state index contributed by atoms with van der Waals surface area (Å²) in [6.07, 6.45) is 0. The Kier molecular flexibility index (Phi) is 2.95. The van der Waals surface area contributed by atoms with Crippen LogP contribution in [0.3, 0.4) is 0 Å². The molecule has 0 bridgehead atoms. The summed E-state index contributed by atoms with van der Waals surface area (Å²) in [5, 5.41) is 0. The van der Waals surface area contributed by atoms with Crippen LogP contribution in [0.25, 0.3) is 16.7 Å². The number of H-pyrrole nitrogens is 1. The maximum atomic E-state index is 12.2. The highest BCUT2D eigenvalue weighted by molar-refractivity contribution is 5.79. The van der Waals surface area contributed by atoms with E-state index in [1.165, 1.54) is 0 Å². The summed E-state index contributed by atoms with van der Waals surface area (Å²) in [4.78, 5) is 15.0. The molecule has 1 aromatic heterocycles. The SMILES string of the molecule is COc1cccc(-n2c(=O)[nH]c3ccc(OC)cc32)c1. The van der Waals surface area contributed by atoms with Gasteiger partial charge in [-0.2, -0.15) is 0 Å². The van der Waals surface area contributed by atoms with E-state index in [-0.39, 0.29) is 5.69 Å². The average molecular weight is 270 g/mol. The van der Waals surface area contributed by atoms with Crippen molar-refractivity contribution in [3.8, 4) is 17.2 Å². The van der Waals surface area contributed by atoms with Crippen molar-refractivity contribution in [1.82, 2.24) is 9.55 Å². The summed E-state index contributed by atoms with van der Waals surface area (Å²) < 4.78 is 12.0. The van der Waals surface area contributed by atoms with Gasteiger partial charge in [0.05, 0.1) is 30.9 Å². The molecule has 3 rings (SSSR count). The van der Waals surface area contributed by atoms with Crippen LogP contribution in [0.4, 0.5) is 0 Å². The van der Waals surface area contributed by atoms with Crippen LogP contribution in [-0.4, -0.2) is 23.8 Å². The first-order valence-corrected chi connectivity index (χ1v) is 6.16. The number of ether oxygens (including phenoxy) is 2. The highest BCUT2D eigenvalue weighted by atomic mass is 16.5. The summed E-state index contributed by atoms with van der Waals surface area (Å²) in [7, 11) is 3.20. The van der Waals surface area contributed by atoms with Crippen molar-refractivity contribution in [2.24, 2.45) is 0 Å². The first-order valence-electron chi connectivity index (χ1n) is 6.16. The first-order chi connectivity index (χ1) is 9.72. The lowest BCUT2D eigenvalue weighted by molar-refractivity contribution is 0.414. The van der Waals surface area contributed by atoms with E-state index in [2.05, 4.69) is 4.98 Å². The number of imidazole rings is 1. The molecule has 1 N–H and O–H groups in total. The normalized spacial score (nSPS) is 10.7. The highest BCUT2D eigenvalue weighted by Crippen LogP contribution is 2.22. The van der Waals surface area contributed by atoms with Crippen LogP contribution in [0.1, 0.15) is 0 Å². The molecule has 5 heteroatoms.